The first kappa shape index (κ1) is 18.5. The van der Waals surface area contributed by atoms with Crippen molar-refractivity contribution >= 4 is 40.0 Å². The van der Waals surface area contributed by atoms with Crippen LogP contribution in [-0.2, 0) is 4.79 Å². The first-order valence-electron chi connectivity index (χ1n) is 7.69. The molecule has 0 unspecified atom stereocenters. The molecule has 0 radical (unpaired) electrons. The van der Waals surface area contributed by atoms with Gasteiger partial charge in [-0.15, -0.1) is 0 Å². The van der Waals surface area contributed by atoms with Crippen molar-refractivity contribution in [2.45, 2.75) is 0 Å². The second kappa shape index (κ2) is 7.55. The van der Waals surface area contributed by atoms with E-state index < -0.39 is 35.6 Å². The molecule has 3 aromatic rings. The van der Waals surface area contributed by atoms with Gasteiger partial charge in [0, 0.05) is 5.69 Å². The van der Waals surface area contributed by atoms with E-state index in [2.05, 4.69) is 15.6 Å². The molecule has 2 aromatic carbocycles. The lowest BCUT2D eigenvalue weighted by Crippen LogP contribution is -2.35. The molecule has 1 heterocycles. The number of aromatic amines is 1. The Labute approximate surface area is 156 Å². The molecule has 9 heteroatoms. The molecule has 0 fully saturated rings. The van der Waals surface area contributed by atoms with E-state index in [1.807, 2.05) is 0 Å². The number of anilines is 1. The number of nitrogens with one attached hydrogen (secondary N) is 3. The highest BCUT2D eigenvalue weighted by molar-refractivity contribution is 6.31. The van der Waals surface area contributed by atoms with E-state index in [0.717, 1.165) is 12.1 Å². The summed E-state index contributed by atoms with van der Waals surface area (Å²) < 4.78 is 26.3. The van der Waals surface area contributed by atoms with Crippen LogP contribution in [0.2, 0.25) is 5.02 Å². The summed E-state index contributed by atoms with van der Waals surface area (Å²) in [6.45, 7) is -0.422. The van der Waals surface area contributed by atoms with Gasteiger partial charge in [0.15, 0.2) is 0 Å². The Bertz CT molecular complexity index is 1110. The molecule has 6 nitrogen and oxygen atoms in total. The van der Waals surface area contributed by atoms with Gasteiger partial charge in [0.25, 0.3) is 11.5 Å². The highest BCUT2D eigenvalue weighted by Gasteiger charge is 2.14. The number of H-pyrrole nitrogens is 1. The number of carbonyl (C=O) groups excluding carboxylic acids is 2. The van der Waals surface area contributed by atoms with E-state index in [1.165, 1.54) is 30.3 Å². The lowest BCUT2D eigenvalue weighted by molar-refractivity contribution is -0.115. The van der Waals surface area contributed by atoms with Crippen LogP contribution in [0.4, 0.5) is 14.5 Å². The first-order chi connectivity index (χ1) is 12.8. The van der Waals surface area contributed by atoms with Gasteiger partial charge < -0.3 is 15.6 Å². The van der Waals surface area contributed by atoms with Gasteiger partial charge in [-0.3, -0.25) is 14.4 Å². The van der Waals surface area contributed by atoms with Crippen LogP contribution in [-0.4, -0.2) is 23.3 Å². The van der Waals surface area contributed by atoms with Gasteiger partial charge in [0.1, 0.15) is 17.2 Å². The van der Waals surface area contributed by atoms with E-state index in [9.17, 15) is 23.2 Å². The van der Waals surface area contributed by atoms with Crippen molar-refractivity contribution in [3.63, 3.8) is 0 Å². The molecule has 0 bridgehead atoms. The third-order valence-corrected chi connectivity index (χ3v) is 3.96. The van der Waals surface area contributed by atoms with Gasteiger partial charge in [0.2, 0.25) is 5.91 Å². The zero-order valence-corrected chi connectivity index (χ0v) is 14.4. The summed E-state index contributed by atoms with van der Waals surface area (Å²) in [6, 6.07) is 8.69. The average molecular weight is 392 g/mol. The maximum atomic E-state index is 13.2. The van der Waals surface area contributed by atoms with Crippen LogP contribution in [0.3, 0.4) is 0 Å². The Morgan fingerprint density at radius 2 is 1.85 bits per heavy atom. The smallest absolute Gasteiger partial charge is 0.261 e. The Balaban J connectivity index is 1.68. The number of hydrogen-bond donors (Lipinski definition) is 3. The van der Waals surface area contributed by atoms with Crippen LogP contribution < -0.4 is 16.2 Å². The van der Waals surface area contributed by atoms with Gasteiger partial charge in [-0.1, -0.05) is 11.6 Å². The number of fused-ring (bicyclic) bond motifs is 1. The molecule has 3 N–H and O–H groups in total. The van der Waals surface area contributed by atoms with Gasteiger partial charge in [-0.05, 0) is 47.9 Å². The number of aromatic nitrogens is 1. The molecule has 0 aliphatic carbocycles. The number of benzene rings is 2. The van der Waals surface area contributed by atoms with E-state index in [4.69, 9.17) is 11.6 Å². The molecule has 0 aliphatic heterocycles. The Kier molecular flexibility index (Phi) is 5.18. The molecular weight excluding hydrogens is 380 g/mol. The minimum absolute atomic E-state index is 0.157. The average Bonchev–Trinajstić information content (AvgIpc) is 2.62. The molecule has 27 heavy (non-hydrogen) atoms. The number of rotatable bonds is 4. The number of amides is 2. The highest BCUT2D eigenvalue weighted by atomic mass is 35.5. The van der Waals surface area contributed by atoms with E-state index in [-0.39, 0.29) is 21.8 Å². The van der Waals surface area contributed by atoms with Crippen molar-refractivity contribution in [2.24, 2.45) is 0 Å². The monoisotopic (exact) mass is 391 g/mol. The topological polar surface area (TPSA) is 91.1 Å². The van der Waals surface area contributed by atoms with Crippen LogP contribution in [0.5, 0.6) is 0 Å². The van der Waals surface area contributed by atoms with Crippen LogP contribution >= 0.6 is 11.6 Å². The Hall–Kier alpha value is -3.26. The third-order valence-electron chi connectivity index (χ3n) is 3.67. The second-order valence-electron chi connectivity index (χ2n) is 5.60. The summed E-state index contributed by atoms with van der Waals surface area (Å²) in [7, 11) is 0. The predicted octanol–water partition coefficient (Wildman–Crippen LogP) is 2.83. The van der Waals surface area contributed by atoms with E-state index in [1.54, 1.807) is 0 Å². The SMILES string of the molecule is O=C(CNC(=O)c1cc2ccc(F)cc2[nH]c1=O)Nc1ccc(F)c(Cl)c1. The molecule has 0 spiro atoms. The minimum Gasteiger partial charge on any atom is -0.343 e. The maximum Gasteiger partial charge on any atom is 0.261 e. The molecular formula is C18H12ClF2N3O3. The fourth-order valence-corrected chi connectivity index (χ4v) is 2.56. The fourth-order valence-electron chi connectivity index (χ4n) is 2.38. The molecule has 3 rings (SSSR count). The summed E-state index contributed by atoms with van der Waals surface area (Å²) in [5.41, 5.74) is -0.420. The summed E-state index contributed by atoms with van der Waals surface area (Å²) in [4.78, 5) is 38.5. The van der Waals surface area contributed by atoms with Gasteiger partial charge in [-0.2, -0.15) is 0 Å². The zero-order valence-electron chi connectivity index (χ0n) is 13.6. The minimum atomic E-state index is -0.769. The van der Waals surface area contributed by atoms with Crippen molar-refractivity contribution in [3.8, 4) is 0 Å². The normalized spacial score (nSPS) is 10.6. The van der Waals surface area contributed by atoms with Crippen LogP contribution in [0.15, 0.2) is 47.3 Å². The number of hydrogen-bond acceptors (Lipinski definition) is 3. The Morgan fingerprint density at radius 3 is 2.59 bits per heavy atom. The molecule has 0 saturated carbocycles. The fraction of sp³-hybridized carbons (Fsp3) is 0.0556. The van der Waals surface area contributed by atoms with Gasteiger partial charge >= 0.3 is 0 Å². The van der Waals surface area contributed by atoms with Crippen LogP contribution in [0, 0.1) is 11.6 Å². The Morgan fingerprint density at radius 1 is 1.07 bits per heavy atom. The van der Waals surface area contributed by atoms with Gasteiger partial charge in [0.05, 0.1) is 17.1 Å². The standard InChI is InChI=1S/C18H12ClF2N3O3/c19-13-7-11(3-4-14(13)21)23-16(25)8-22-17(26)12-5-9-1-2-10(20)6-15(9)24-18(12)27/h1-7H,8H2,(H,22,26)(H,23,25)(H,24,27). The zero-order chi connectivity index (χ0) is 19.6. The molecule has 0 atom stereocenters. The third kappa shape index (κ3) is 4.29. The van der Waals surface area contributed by atoms with Crippen LogP contribution in [0.25, 0.3) is 10.9 Å². The van der Waals surface area contributed by atoms with E-state index >= 15 is 0 Å². The van der Waals surface area contributed by atoms with Crippen molar-refractivity contribution < 1.29 is 18.4 Å². The predicted molar refractivity (Wildman–Crippen MR) is 96.9 cm³/mol. The summed E-state index contributed by atoms with van der Waals surface area (Å²) in [5, 5.41) is 5.05. The van der Waals surface area contributed by atoms with E-state index in [0.29, 0.717) is 5.39 Å². The molecule has 2 amide bonds. The lowest BCUT2D eigenvalue weighted by Gasteiger charge is -2.08. The van der Waals surface area contributed by atoms with Crippen molar-refractivity contribution in [2.75, 3.05) is 11.9 Å². The second-order valence-corrected chi connectivity index (χ2v) is 6.01. The molecule has 138 valence electrons. The largest absolute Gasteiger partial charge is 0.343 e. The quantitative estimate of drug-likeness (QED) is 0.638. The first-order valence-corrected chi connectivity index (χ1v) is 8.07. The van der Waals surface area contributed by atoms with Crippen molar-refractivity contribution in [3.05, 3.63) is 75.0 Å². The summed E-state index contributed by atoms with van der Waals surface area (Å²) in [5.74, 6) is -2.51. The molecule has 0 aliphatic rings. The molecule has 0 saturated heterocycles. The number of carbonyl (C=O) groups is 2. The summed E-state index contributed by atoms with van der Waals surface area (Å²) in [6.07, 6.45) is 0. The number of halogens is 3. The van der Waals surface area contributed by atoms with Crippen LogP contribution in [0.1, 0.15) is 10.4 Å². The summed E-state index contributed by atoms with van der Waals surface area (Å²) >= 11 is 5.62. The van der Waals surface area contributed by atoms with Gasteiger partial charge in [-0.25, -0.2) is 8.78 Å². The van der Waals surface area contributed by atoms with Crippen molar-refractivity contribution in [1.29, 1.82) is 0 Å². The lowest BCUT2D eigenvalue weighted by atomic mass is 10.1. The van der Waals surface area contributed by atoms with Crippen molar-refractivity contribution in [1.82, 2.24) is 10.3 Å². The molecule has 1 aromatic heterocycles. The highest BCUT2D eigenvalue weighted by Crippen LogP contribution is 2.19. The number of pyridine rings is 1. The maximum absolute atomic E-state index is 13.2.